The topological polar surface area (TPSA) is 83.9 Å². The molecule has 2 atom stereocenters. The maximum Gasteiger partial charge on any atom is 0.352 e. The smallest absolute Gasteiger partial charge is 0.352 e. The highest BCUT2D eigenvalue weighted by atomic mass is 32.2. The Morgan fingerprint density at radius 3 is 2.94 bits per heavy atom. The first kappa shape index (κ1) is 12.0. The lowest BCUT2D eigenvalue weighted by molar-refractivity contribution is -0.159. The van der Waals surface area contributed by atoms with Crippen LogP contribution in [0.4, 0.5) is 0 Å². The molecule has 0 aromatic rings. The summed E-state index contributed by atoms with van der Waals surface area (Å²) in [4.78, 5) is 34.6. The summed E-state index contributed by atoms with van der Waals surface area (Å²) >= 11 is 1.47. The van der Waals surface area contributed by atoms with Crippen LogP contribution in [0.2, 0.25) is 0 Å². The molecule has 0 spiro atoms. The average Bonchev–Trinajstić information content (AvgIpc) is 2.27. The fraction of sp³-hybridized carbons (Fsp3) is 0.500. The fourth-order valence-electron chi connectivity index (χ4n) is 1.85. The number of nitrogens with zero attached hydrogens (tertiary/aromatic N) is 1. The molecule has 2 heterocycles. The van der Waals surface area contributed by atoms with Crippen LogP contribution in [0.5, 0.6) is 0 Å². The maximum atomic E-state index is 11.7. The molecule has 2 aliphatic heterocycles. The quantitative estimate of drug-likeness (QED) is 0.568. The van der Waals surface area contributed by atoms with E-state index in [0.717, 1.165) is 0 Å². The Bertz CT molecular complexity index is 419. The van der Waals surface area contributed by atoms with Crippen molar-refractivity contribution in [1.82, 2.24) is 4.90 Å². The molecule has 92 valence electrons. The number of hydrogen-bond acceptors (Lipinski definition) is 5. The van der Waals surface area contributed by atoms with Crippen molar-refractivity contribution in [2.24, 2.45) is 5.92 Å². The molecule has 1 N–H and O–H groups in total. The van der Waals surface area contributed by atoms with E-state index in [2.05, 4.69) is 0 Å². The average molecular weight is 257 g/mol. The summed E-state index contributed by atoms with van der Waals surface area (Å²) in [5, 5.41) is 8.70. The third-order valence-corrected chi connectivity index (χ3v) is 3.88. The zero-order valence-corrected chi connectivity index (χ0v) is 9.90. The Hall–Kier alpha value is -1.50. The molecule has 1 amide bonds. The lowest BCUT2D eigenvalue weighted by Crippen LogP contribution is -2.62. The Kier molecular flexibility index (Phi) is 3.10. The molecule has 6 nitrogen and oxygen atoms in total. The summed E-state index contributed by atoms with van der Waals surface area (Å²) < 4.78 is 4.79. The summed E-state index contributed by atoms with van der Waals surface area (Å²) in [7, 11) is 0. The van der Waals surface area contributed by atoms with Crippen molar-refractivity contribution in [3.63, 3.8) is 0 Å². The van der Waals surface area contributed by atoms with E-state index in [-0.39, 0.29) is 23.6 Å². The van der Waals surface area contributed by atoms with E-state index in [0.29, 0.717) is 5.75 Å². The van der Waals surface area contributed by atoms with Crippen molar-refractivity contribution in [2.45, 2.75) is 12.3 Å². The number of carboxylic acid groups (broad SMARTS) is 1. The van der Waals surface area contributed by atoms with Gasteiger partial charge in [0.15, 0.2) is 0 Å². The normalized spacial score (nSPS) is 26.8. The Balaban J connectivity index is 2.05. The zero-order valence-electron chi connectivity index (χ0n) is 9.08. The van der Waals surface area contributed by atoms with Gasteiger partial charge in [0, 0.05) is 12.7 Å². The molecular weight excluding hydrogens is 246 g/mol. The zero-order chi connectivity index (χ0) is 12.6. The first-order valence-corrected chi connectivity index (χ1v) is 6.08. The number of esters is 1. The van der Waals surface area contributed by atoms with Gasteiger partial charge in [0.25, 0.3) is 0 Å². The van der Waals surface area contributed by atoms with Crippen molar-refractivity contribution in [3.8, 4) is 0 Å². The summed E-state index contributed by atoms with van der Waals surface area (Å²) in [6.07, 6.45) is 1.52. The van der Waals surface area contributed by atoms with Crippen LogP contribution >= 0.6 is 11.8 Å². The predicted octanol–water partition coefficient (Wildman–Crippen LogP) is 0.0493. The highest BCUT2D eigenvalue weighted by molar-refractivity contribution is 8.00. The molecule has 2 rings (SSSR count). The second kappa shape index (κ2) is 4.40. The molecule has 2 aliphatic rings. The lowest BCUT2D eigenvalue weighted by Gasteiger charge is -2.47. The van der Waals surface area contributed by atoms with E-state index in [1.807, 2.05) is 0 Å². The van der Waals surface area contributed by atoms with Crippen LogP contribution in [0.1, 0.15) is 6.92 Å². The van der Waals surface area contributed by atoms with E-state index < -0.39 is 17.9 Å². The van der Waals surface area contributed by atoms with Gasteiger partial charge in [-0.1, -0.05) is 0 Å². The molecule has 1 unspecified atom stereocenters. The van der Waals surface area contributed by atoms with E-state index >= 15 is 0 Å². The summed E-state index contributed by atoms with van der Waals surface area (Å²) in [5.41, 5.74) is 0.0258. The third kappa shape index (κ3) is 2.02. The summed E-state index contributed by atoms with van der Waals surface area (Å²) in [6.45, 7) is 1.30. The number of rotatable bonds is 3. The number of thioether (sulfide) groups is 1. The summed E-state index contributed by atoms with van der Waals surface area (Å²) in [5.74, 6) is -1.71. The summed E-state index contributed by atoms with van der Waals surface area (Å²) in [6, 6.07) is 0. The van der Waals surface area contributed by atoms with Gasteiger partial charge in [-0.05, 0) is 6.08 Å². The number of hydrogen-bond donors (Lipinski definition) is 1. The standard InChI is InChI=1S/C10H11NO5S/c1-5(12)16-4-6-8(13)11-7(10(14)15)2-3-17-9(6)11/h2,6,9H,3-4H2,1H3,(H,14,15)/t6?,9-/m0/s1. The highest BCUT2D eigenvalue weighted by Crippen LogP contribution is 2.41. The van der Waals surface area contributed by atoms with E-state index in [4.69, 9.17) is 9.84 Å². The molecule has 0 saturated carbocycles. The number of carboxylic acids is 1. The number of amides is 1. The molecule has 7 heteroatoms. The molecule has 0 aliphatic carbocycles. The second-order valence-electron chi connectivity index (χ2n) is 3.74. The molecule has 0 bridgehead atoms. The Morgan fingerprint density at radius 1 is 1.65 bits per heavy atom. The Labute approximate surface area is 102 Å². The van der Waals surface area contributed by atoms with Crippen LogP contribution in [-0.2, 0) is 19.1 Å². The number of β-lactam (4-membered cyclic amide) rings is 1. The SMILES string of the molecule is CC(=O)OCC1C(=O)N2C(C(=O)O)=CCS[C@@H]12. The number of ether oxygens (including phenoxy) is 1. The van der Waals surface area contributed by atoms with Gasteiger partial charge in [0.1, 0.15) is 18.2 Å². The lowest BCUT2D eigenvalue weighted by atomic mass is 9.97. The van der Waals surface area contributed by atoms with Gasteiger partial charge in [-0.2, -0.15) is 0 Å². The van der Waals surface area contributed by atoms with E-state index in [1.54, 1.807) is 0 Å². The van der Waals surface area contributed by atoms with Crippen molar-refractivity contribution in [1.29, 1.82) is 0 Å². The molecule has 0 aromatic heterocycles. The maximum absolute atomic E-state index is 11.7. The van der Waals surface area contributed by atoms with Crippen LogP contribution in [0.25, 0.3) is 0 Å². The van der Waals surface area contributed by atoms with Crippen LogP contribution in [0.3, 0.4) is 0 Å². The minimum atomic E-state index is -1.10. The van der Waals surface area contributed by atoms with E-state index in [1.165, 1.54) is 29.7 Å². The van der Waals surface area contributed by atoms with Crippen LogP contribution in [0, 0.1) is 5.92 Å². The number of aliphatic carboxylic acids is 1. The number of fused-ring (bicyclic) bond motifs is 1. The van der Waals surface area contributed by atoms with Gasteiger partial charge in [-0.25, -0.2) is 4.79 Å². The highest BCUT2D eigenvalue weighted by Gasteiger charge is 2.52. The fourth-order valence-corrected chi connectivity index (χ4v) is 3.09. The van der Waals surface area contributed by atoms with Gasteiger partial charge in [-0.3, -0.25) is 14.5 Å². The van der Waals surface area contributed by atoms with Crippen molar-refractivity contribution >= 4 is 29.6 Å². The molecule has 1 saturated heterocycles. The van der Waals surface area contributed by atoms with Gasteiger partial charge >= 0.3 is 11.9 Å². The van der Waals surface area contributed by atoms with Crippen molar-refractivity contribution in [2.75, 3.05) is 12.4 Å². The van der Waals surface area contributed by atoms with Gasteiger partial charge < -0.3 is 9.84 Å². The first-order valence-electron chi connectivity index (χ1n) is 5.04. The largest absolute Gasteiger partial charge is 0.477 e. The first-order chi connectivity index (χ1) is 8.02. The molecule has 17 heavy (non-hydrogen) atoms. The van der Waals surface area contributed by atoms with Crippen molar-refractivity contribution < 1.29 is 24.2 Å². The Morgan fingerprint density at radius 2 is 2.35 bits per heavy atom. The van der Waals surface area contributed by atoms with Crippen molar-refractivity contribution in [3.05, 3.63) is 11.8 Å². The van der Waals surface area contributed by atoms with Crippen LogP contribution in [0.15, 0.2) is 11.8 Å². The second-order valence-corrected chi connectivity index (χ2v) is 4.89. The van der Waals surface area contributed by atoms with Crippen LogP contribution in [-0.4, -0.2) is 45.6 Å². The number of carbonyl (C=O) groups is 3. The predicted molar refractivity (Wildman–Crippen MR) is 58.9 cm³/mol. The minimum Gasteiger partial charge on any atom is -0.477 e. The monoisotopic (exact) mass is 257 g/mol. The molecular formula is C10H11NO5S. The van der Waals surface area contributed by atoms with Gasteiger partial charge in [0.2, 0.25) is 5.91 Å². The number of carbonyl (C=O) groups excluding carboxylic acids is 2. The molecule has 0 aromatic carbocycles. The molecule has 1 fully saturated rings. The third-order valence-electron chi connectivity index (χ3n) is 2.64. The van der Waals surface area contributed by atoms with Gasteiger partial charge in [-0.15, -0.1) is 11.8 Å². The van der Waals surface area contributed by atoms with Crippen LogP contribution < -0.4 is 0 Å². The molecule has 0 radical (unpaired) electrons. The van der Waals surface area contributed by atoms with E-state index in [9.17, 15) is 14.4 Å². The van der Waals surface area contributed by atoms with Gasteiger partial charge in [0.05, 0.1) is 5.37 Å². The minimum absolute atomic E-state index is 0.0230.